The highest BCUT2D eigenvalue weighted by Gasteiger charge is 1.94. The van der Waals surface area contributed by atoms with E-state index in [9.17, 15) is 0 Å². The Kier molecular flexibility index (Phi) is 20.4. The Morgan fingerprint density at radius 2 is 1.33 bits per heavy atom. The summed E-state index contributed by atoms with van der Waals surface area (Å²) in [5, 5.41) is 7.62. The number of allylic oxidation sites excluding steroid dienone is 2. The van der Waals surface area contributed by atoms with Crippen molar-refractivity contribution in [3.63, 3.8) is 0 Å². The Labute approximate surface area is 87.1 Å². The zero-order chi connectivity index (χ0) is 10.7. The van der Waals surface area contributed by atoms with Crippen LogP contribution >= 0.6 is 24.2 Å². The van der Waals surface area contributed by atoms with E-state index in [0.29, 0.717) is 10.7 Å². The van der Waals surface area contributed by atoms with E-state index in [2.05, 4.69) is 12.6 Å². The van der Waals surface area contributed by atoms with Crippen LogP contribution in [0.25, 0.3) is 0 Å². The van der Waals surface area contributed by atoms with Crippen LogP contribution < -0.4 is 0 Å². The molecule has 0 heterocycles. The van der Waals surface area contributed by atoms with E-state index < -0.39 is 0 Å². The van der Waals surface area contributed by atoms with Crippen LogP contribution in [0.1, 0.15) is 34.6 Å². The van der Waals surface area contributed by atoms with Crippen LogP contribution in [0.4, 0.5) is 0 Å². The van der Waals surface area contributed by atoms with Crippen LogP contribution in [0, 0.1) is 5.41 Å². The zero-order valence-electron chi connectivity index (χ0n) is 8.83. The van der Waals surface area contributed by atoms with E-state index in [1.54, 1.807) is 13.2 Å². The van der Waals surface area contributed by atoms with Crippen molar-refractivity contribution in [3.05, 3.63) is 10.6 Å². The Balaban J connectivity index is -0.000000175. The molecule has 12 heavy (non-hydrogen) atoms. The third-order valence-corrected chi connectivity index (χ3v) is 1.43. The van der Waals surface area contributed by atoms with Gasteiger partial charge in [-0.1, -0.05) is 31.0 Å². The molecule has 0 saturated heterocycles. The fourth-order valence-corrected chi connectivity index (χ4v) is 0.375. The molecule has 0 saturated carbocycles. The van der Waals surface area contributed by atoms with Crippen LogP contribution in [0.15, 0.2) is 10.6 Å². The van der Waals surface area contributed by atoms with Gasteiger partial charge >= 0.3 is 0 Å². The highest BCUT2D eigenvalue weighted by molar-refractivity contribution is 7.79. The van der Waals surface area contributed by atoms with Gasteiger partial charge in [0.2, 0.25) is 0 Å². The lowest BCUT2D eigenvalue weighted by Gasteiger charge is -1.94. The number of halogens is 1. The maximum absolute atomic E-state index is 7.04. The molecular formula is C9H20ClNS. The maximum atomic E-state index is 7.04. The third-order valence-electron chi connectivity index (χ3n) is 0.768. The molecule has 1 N–H and O–H groups in total. The minimum absolute atomic E-state index is 0.437. The van der Waals surface area contributed by atoms with E-state index in [1.807, 2.05) is 27.7 Å². The molecule has 0 aliphatic rings. The van der Waals surface area contributed by atoms with Crippen molar-refractivity contribution in [1.82, 2.24) is 0 Å². The van der Waals surface area contributed by atoms with Gasteiger partial charge in [-0.15, -0.1) is 0 Å². The zero-order valence-corrected chi connectivity index (χ0v) is 10.5. The number of thiol groups is 1. The van der Waals surface area contributed by atoms with Crippen molar-refractivity contribution in [1.29, 1.82) is 5.41 Å². The van der Waals surface area contributed by atoms with E-state index in [-0.39, 0.29) is 0 Å². The number of hydrogen-bond donors (Lipinski definition) is 2. The number of rotatable bonds is 1. The molecule has 0 bridgehead atoms. The summed E-state index contributed by atoms with van der Waals surface area (Å²) in [5.74, 6) is 0. The van der Waals surface area contributed by atoms with Crippen LogP contribution in [0.3, 0.4) is 0 Å². The van der Waals surface area contributed by atoms with Crippen LogP contribution in [-0.4, -0.2) is 12.0 Å². The maximum Gasteiger partial charge on any atom is 0.0597 e. The standard InChI is InChI=1S/C6H10ClN.C2H6.CH4S/c1-4(2)6(7)5(3)8;2*1-2/h8H,1-3H3;1-2H3;2H,1H3. The molecular weight excluding hydrogens is 190 g/mol. The summed E-state index contributed by atoms with van der Waals surface area (Å²) in [7, 11) is 0. The molecule has 0 atom stereocenters. The number of hydrogen-bond acceptors (Lipinski definition) is 2. The van der Waals surface area contributed by atoms with Crippen molar-refractivity contribution in [3.8, 4) is 0 Å². The Bertz CT molecular complexity index is 137. The minimum Gasteiger partial charge on any atom is -0.304 e. The van der Waals surface area contributed by atoms with E-state index in [1.165, 1.54) is 0 Å². The first-order valence-corrected chi connectivity index (χ1v) is 5.16. The van der Waals surface area contributed by atoms with Gasteiger partial charge in [-0.25, -0.2) is 0 Å². The van der Waals surface area contributed by atoms with Gasteiger partial charge < -0.3 is 5.41 Å². The van der Waals surface area contributed by atoms with Gasteiger partial charge in [0.1, 0.15) is 0 Å². The molecule has 0 fully saturated rings. The van der Waals surface area contributed by atoms with Gasteiger partial charge in [0.05, 0.1) is 5.03 Å². The van der Waals surface area contributed by atoms with Crippen LogP contribution in [0.2, 0.25) is 0 Å². The van der Waals surface area contributed by atoms with Crippen LogP contribution in [-0.2, 0) is 0 Å². The average Bonchev–Trinajstić information content (AvgIpc) is 2.10. The van der Waals surface area contributed by atoms with Gasteiger partial charge in [0.15, 0.2) is 0 Å². The summed E-state index contributed by atoms with van der Waals surface area (Å²) < 4.78 is 0. The average molecular weight is 210 g/mol. The summed E-state index contributed by atoms with van der Waals surface area (Å²) in [6.07, 6.45) is 1.69. The molecule has 0 aromatic rings. The normalized spacial score (nSPS) is 6.67. The second-order valence-corrected chi connectivity index (χ2v) is 2.32. The Hall–Kier alpha value is 0.0500. The summed E-state index contributed by atoms with van der Waals surface area (Å²) >= 11 is 9.13. The summed E-state index contributed by atoms with van der Waals surface area (Å²) in [6.45, 7) is 9.45. The fourth-order valence-electron chi connectivity index (χ4n) is 0.375. The molecule has 1 nitrogen and oxygen atoms in total. The van der Waals surface area contributed by atoms with Gasteiger partial charge in [0.25, 0.3) is 0 Å². The lowest BCUT2D eigenvalue weighted by molar-refractivity contribution is 1.36. The van der Waals surface area contributed by atoms with Gasteiger partial charge in [-0.05, 0) is 27.0 Å². The largest absolute Gasteiger partial charge is 0.304 e. The highest BCUT2D eigenvalue weighted by atomic mass is 35.5. The molecule has 0 amide bonds. The first kappa shape index (κ1) is 18.0. The van der Waals surface area contributed by atoms with Crippen molar-refractivity contribution in [2.45, 2.75) is 34.6 Å². The molecule has 0 aromatic carbocycles. The fraction of sp³-hybridized carbons (Fsp3) is 0.667. The van der Waals surface area contributed by atoms with Crippen LogP contribution in [0.5, 0.6) is 0 Å². The summed E-state index contributed by atoms with van der Waals surface area (Å²) in [6, 6.07) is 0. The third kappa shape index (κ3) is 12.7. The first-order valence-electron chi connectivity index (χ1n) is 3.89. The molecule has 3 heteroatoms. The van der Waals surface area contributed by atoms with E-state index in [0.717, 1.165) is 5.57 Å². The highest BCUT2D eigenvalue weighted by Crippen LogP contribution is 2.08. The Morgan fingerprint density at radius 3 is 1.33 bits per heavy atom. The molecule has 0 aromatic heterocycles. The topological polar surface area (TPSA) is 23.9 Å². The monoisotopic (exact) mass is 209 g/mol. The summed E-state index contributed by atoms with van der Waals surface area (Å²) in [4.78, 5) is 0. The molecule has 0 aliphatic heterocycles. The van der Waals surface area contributed by atoms with Gasteiger partial charge in [-0.3, -0.25) is 0 Å². The second kappa shape index (κ2) is 13.6. The van der Waals surface area contributed by atoms with Crippen molar-refractivity contribution in [2.24, 2.45) is 0 Å². The van der Waals surface area contributed by atoms with E-state index in [4.69, 9.17) is 17.0 Å². The first-order chi connectivity index (χ1) is 5.55. The minimum atomic E-state index is 0.437. The van der Waals surface area contributed by atoms with Crippen molar-refractivity contribution < 1.29 is 0 Å². The SMILES string of the molecule is CC.CC(=N)C(Cl)=C(C)C.CS. The lowest BCUT2D eigenvalue weighted by atomic mass is 10.2. The quantitative estimate of drug-likeness (QED) is 0.480. The second-order valence-electron chi connectivity index (χ2n) is 1.94. The molecule has 0 rings (SSSR count). The van der Waals surface area contributed by atoms with Crippen molar-refractivity contribution in [2.75, 3.05) is 6.26 Å². The molecule has 74 valence electrons. The van der Waals surface area contributed by atoms with Gasteiger partial charge in [-0.2, -0.15) is 12.6 Å². The predicted octanol–water partition coefficient (Wildman–Crippen LogP) is 4.13. The van der Waals surface area contributed by atoms with E-state index >= 15 is 0 Å². The lowest BCUT2D eigenvalue weighted by Crippen LogP contribution is -1.88. The molecule has 0 unspecified atom stereocenters. The smallest absolute Gasteiger partial charge is 0.0597 e. The number of nitrogens with one attached hydrogen (secondary N) is 1. The van der Waals surface area contributed by atoms with Crippen molar-refractivity contribution >= 4 is 29.9 Å². The Morgan fingerprint density at radius 1 is 1.08 bits per heavy atom. The molecule has 0 radical (unpaired) electrons. The molecule has 0 aliphatic carbocycles. The molecule has 0 spiro atoms. The van der Waals surface area contributed by atoms with Gasteiger partial charge in [0, 0.05) is 5.71 Å². The predicted molar refractivity (Wildman–Crippen MR) is 63.9 cm³/mol. The summed E-state index contributed by atoms with van der Waals surface area (Å²) in [5.41, 5.74) is 1.44.